The maximum Gasteiger partial charge on any atom is 0.415 e. The summed E-state index contributed by atoms with van der Waals surface area (Å²) < 4.78 is 16.5. The van der Waals surface area contributed by atoms with E-state index in [1.54, 1.807) is 36.1 Å². The van der Waals surface area contributed by atoms with Gasteiger partial charge in [-0.2, -0.15) is 0 Å². The van der Waals surface area contributed by atoms with Gasteiger partial charge in [-0.05, 0) is 49.6 Å². The van der Waals surface area contributed by atoms with Crippen LogP contribution in [0, 0.1) is 12.8 Å². The van der Waals surface area contributed by atoms with Crippen molar-refractivity contribution >= 4 is 12.1 Å². The third-order valence-electron chi connectivity index (χ3n) is 4.69. The summed E-state index contributed by atoms with van der Waals surface area (Å²) in [6.45, 7) is 9.42. The van der Waals surface area contributed by atoms with Gasteiger partial charge in [-0.1, -0.05) is 43.7 Å². The van der Waals surface area contributed by atoms with Crippen LogP contribution >= 0.6 is 0 Å². The molecular formula is C25H33NO6. The van der Waals surface area contributed by atoms with E-state index in [0.717, 1.165) is 11.1 Å². The van der Waals surface area contributed by atoms with Crippen LogP contribution in [0.2, 0.25) is 0 Å². The van der Waals surface area contributed by atoms with Gasteiger partial charge in [0, 0.05) is 19.6 Å². The zero-order valence-electron chi connectivity index (χ0n) is 19.2. The molecule has 7 nitrogen and oxygen atoms in total. The average molecular weight is 444 g/mol. The molecule has 1 amide bonds. The van der Waals surface area contributed by atoms with Crippen LogP contribution in [-0.4, -0.2) is 54.5 Å². The first-order chi connectivity index (χ1) is 15.3. The molecule has 7 heteroatoms. The fourth-order valence-corrected chi connectivity index (χ4v) is 3.10. The molecule has 0 bridgehead atoms. The third kappa shape index (κ3) is 8.59. The van der Waals surface area contributed by atoms with Crippen LogP contribution in [0.3, 0.4) is 0 Å². The largest absolute Gasteiger partial charge is 0.492 e. The minimum atomic E-state index is -0.977. The van der Waals surface area contributed by atoms with Crippen LogP contribution in [0.1, 0.15) is 31.9 Å². The molecule has 2 aromatic rings. The van der Waals surface area contributed by atoms with Crippen molar-refractivity contribution < 1.29 is 28.9 Å². The van der Waals surface area contributed by atoms with Gasteiger partial charge in [0.1, 0.15) is 18.1 Å². The Morgan fingerprint density at radius 3 is 2.19 bits per heavy atom. The van der Waals surface area contributed by atoms with Crippen LogP contribution in [0.4, 0.5) is 4.79 Å². The molecule has 0 saturated heterocycles. The maximum absolute atomic E-state index is 12.6. The summed E-state index contributed by atoms with van der Waals surface area (Å²) in [4.78, 5) is 25.5. The molecule has 1 atom stereocenters. The summed E-state index contributed by atoms with van der Waals surface area (Å²) in [5.41, 5.74) is 1.95. The number of carboxylic acids is 1. The van der Waals surface area contributed by atoms with Crippen molar-refractivity contribution in [1.29, 1.82) is 0 Å². The minimum absolute atomic E-state index is 0.285. The molecule has 1 unspecified atom stereocenters. The van der Waals surface area contributed by atoms with Crippen LogP contribution in [0.15, 0.2) is 48.5 Å². The third-order valence-corrected chi connectivity index (χ3v) is 4.69. The Kier molecular flexibility index (Phi) is 10.0. The van der Waals surface area contributed by atoms with Gasteiger partial charge in [0.05, 0.1) is 6.54 Å². The molecule has 1 N–H and O–H groups in total. The number of rotatable bonds is 12. The molecule has 0 fully saturated rings. The van der Waals surface area contributed by atoms with E-state index in [0.29, 0.717) is 37.8 Å². The minimum Gasteiger partial charge on any atom is -0.492 e. The highest BCUT2D eigenvalue weighted by Gasteiger charge is 2.19. The lowest BCUT2D eigenvalue weighted by Crippen LogP contribution is -2.39. The summed E-state index contributed by atoms with van der Waals surface area (Å²) in [5, 5.41) is 9.21. The van der Waals surface area contributed by atoms with Crippen molar-refractivity contribution in [2.24, 2.45) is 5.92 Å². The van der Waals surface area contributed by atoms with Crippen LogP contribution in [0.5, 0.6) is 11.5 Å². The zero-order chi connectivity index (χ0) is 23.5. The second kappa shape index (κ2) is 12.7. The molecule has 2 aromatic carbocycles. The number of amides is 1. The standard InChI is InChI=1S/C25H33NO6/c1-5-30-23(24(27)28)16-20-8-12-21(13-9-20)31-15-14-26(17-18(2)3)25(29)32-22-10-6-19(4)7-11-22/h6-13,18,23H,5,14-17H2,1-4H3,(H,27,28). The Hall–Kier alpha value is -3.06. The summed E-state index contributed by atoms with van der Waals surface area (Å²) in [5.74, 6) is 0.466. The molecular weight excluding hydrogens is 410 g/mol. The SMILES string of the molecule is CCOC(Cc1ccc(OCCN(CC(C)C)C(=O)Oc2ccc(C)cc2)cc1)C(=O)O. The number of carbonyl (C=O) groups excluding carboxylic acids is 1. The predicted octanol–water partition coefficient (Wildman–Crippen LogP) is 4.56. The first-order valence-electron chi connectivity index (χ1n) is 10.9. The molecule has 0 radical (unpaired) electrons. The van der Waals surface area contributed by atoms with Crippen LogP contribution in [-0.2, 0) is 16.0 Å². The van der Waals surface area contributed by atoms with Crippen molar-refractivity contribution in [3.8, 4) is 11.5 Å². The second-order valence-corrected chi connectivity index (χ2v) is 8.00. The lowest BCUT2D eigenvalue weighted by Gasteiger charge is -2.24. The Morgan fingerprint density at radius 1 is 1.00 bits per heavy atom. The molecule has 0 saturated carbocycles. The molecule has 0 heterocycles. The fraction of sp³-hybridized carbons (Fsp3) is 0.440. The van der Waals surface area contributed by atoms with Gasteiger partial charge < -0.3 is 24.2 Å². The first-order valence-corrected chi connectivity index (χ1v) is 10.9. The Balaban J connectivity index is 1.89. The van der Waals surface area contributed by atoms with Gasteiger partial charge in [-0.15, -0.1) is 0 Å². The van der Waals surface area contributed by atoms with E-state index < -0.39 is 18.2 Å². The molecule has 0 aliphatic rings. The predicted molar refractivity (Wildman–Crippen MR) is 122 cm³/mol. The summed E-state index contributed by atoms with van der Waals surface area (Å²) >= 11 is 0. The average Bonchev–Trinajstić information content (AvgIpc) is 2.75. The quantitative estimate of drug-likeness (QED) is 0.518. The van der Waals surface area contributed by atoms with Crippen molar-refractivity contribution in [3.63, 3.8) is 0 Å². The number of hydrogen-bond acceptors (Lipinski definition) is 5. The highest BCUT2D eigenvalue weighted by molar-refractivity contribution is 5.72. The van der Waals surface area contributed by atoms with E-state index in [4.69, 9.17) is 14.2 Å². The number of carboxylic acid groups (broad SMARTS) is 1. The molecule has 0 spiro atoms. The van der Waals surface area contributed by atoms with Crippen molar-refractivity contribution in [3.05, 3.63) is 59.7 Å². The summed E-state index contributed by atoms with van der Waals surface area (Å²) in [6.07, 6.45) is -0.982. The van der Waals surface area contributed by atoms with Gasteiger partial charge in [-0.25, -0.2) is 9.59 Å². The van der Waals surface area contributed by atoms with E-state index in [1.807, 2.05) is 45.0 Å². The van der Waals surface area contributed by atoms with Gasteiger partial charge >= 0.3 is 12.1 Å². The van der Waals surface area contributed by atoms with Gasteiger partial charge in [-0.3, -0.25) is 0 Å². The van der Waals surface area contributed by atoms with Crippen LogP contribution < -0.4 is 9.47 Å². The van der Waals surface area contributed by atoms with Gasteiger partial charge in [0.25, 0.3) is 0 Å². The van der Waals surface area contributed by atoms with Gasteiger partial charge in [0.2, 0.25) is 0 Å². The summed E-state index contributed by atoms with van der Waals surface area (Å²) in [7, 11) is 0. The highest BCUT2D eigenvalue weighted by Crippen LogP contribution is 2.16. The number of hydrogen-bond donors (Lipinski definition) is 1. The molecule has 0 aromatic heterocycles. The molecule has 2 rings (SSSR count). The first kappa shape index (κ1) is 25.2. The van der Waals surface area contributed by atoms with E-state index >= 15 is 0 Å². The van der Waals surface area contributed by atoms with E-state index in [9.17, 15) is 14.7 Å². The second-order valence-electron chi connectivity index (χ2n) is 8.00. The Labute approximate surface area is 189 Å². The van der Waals surface area contributed by atoms with E-state index in [-0.39, 0.29) is 12.3 Å². The molecule has 32 heavy (non-hydrogen) atoms. The maximum atomic E-state index is 12.6. The fourth-order valence-electron chi connectivity index (χ4n) is 3.10. The lowest BCUT2D eigenvalue weighted by molar-refractivity contribution is -0.149. The topological polar surface area (TPSA) is 85.3 Å². The van der Waals surface area contributed by atoms with E-state index in [1.165, 1.54) is 0 Å². The Morgan fingerprint density at radius 2 is 1.62 bits per heavy atom. The normalized spacial score (nSPS) is 11.8. The molecule has 0 aliphatic heterocycles. The smallest absolute Gasteiger partial charge is 0.415 e. The van der Waals surface area contributed by atoms with Crippen molar-refractivity contribution in [2.45, 2.75) is 40.2 Å². The molecule has 174 valence electrons. The van der Waals surface area contributed by atoms with Crippen molar-refractivity contribution in [1.82, 2.24) is 4.90 Å². The number of benzene rings is 2. The number of ether oxygens (including phenoxy) is 3. The zero-order valence-corrected chi connectivity index (χ0v) is 19.2. The number of aliphatic carboxylic acids is 1. The van der Waals surface area contributed by atoms with Crippen molar-refractivity contribution in [2.75, 3.05) is 26.3 Å². The molecule has 0 aliphatic carbocycles. The number of nitrogens with zero attached hydrogens (tertiary/aromatic N) is 1. The Bertz CT molecular complexity index is 848. The summed E-state index contributed by atoms with van der Waals surface area (Å²) in [6, 6.07) is 14.6. The number of aryl methyl sites for hydroxylation is 1. The van der Waals surface area contributed by atoms with Gasteiger partial charge in [0.15, 0.2) is 6.10 Å². The van der Waals surface area contributed by atoms with Crippen LogP contribution in [0.25, 0.3) is 0 Å². The number of carbonyl (C=O) groups is 2. The highest BCUT2D eigenvalue weighted by atomic mass is 16.6. The lowest BCUT2D eigenvalue weighted by atomic mass is 10.1. The van der Waals surface area contributed by atoms with E-state index in [2.05, 4.69) is 0 Å². The monoisotopic (exact) mass is 443 g/mol.